The van der Waals surface area contributed by atoms with Gasteiger partial charge in [0.1, 0.15) is 0 Å². The molecule has 0 aromatic heterocycles. The van der Waals surface area contributed by atoms with Crippen LogP contribution in [0.1, 0.15) is 53.0 Å². The number of hydrogen-bond donors (Lipinski definition) is 0. The van der Waals surface area contributed by atoms with Gasteiger partial charge in [0.25, 0.3) is 8.32 Å². The molecule has 2 aliphatic carbocycles. The summed E-state index contributed by atoms with van der Waals surface area (Å²) in [4.78, 5) is 27.1. The van der Waals surface area contributed by atoms with Gasteiger partial charge in [0.15, 0.2) is 11.7 Å². The third-order valence-electron chi connectivity index (χ3n) is 8.77. The minimum atomic E-state index is -2.54. The normalized spacial score (nSPS) is 22.2. The van der Waals surface area contributed by atoms with Crippen molar-refractivity contribution < 1.29 is 33.0 Å². The van der Waals surface area contributed by atoms with Crippen molar-refractivity contribution in [1.29, 1.82) is 0 Å². The highest BCUT2D eigenvalue weighted by molar-refractivity contribution is 6.77. The molecule has 40 heavy (non-hydrogen) atoms. The summed E-state index contributed by atoms with van der Waals surface area (Å²) in [6, 6.07) is 10.1. The van der Waals surface area contributed by atoms with Gasteiger partial charge in [-0.1, -0.05) is 90.1 Å². The quantitative estimate of drug-likeness (QED) is 0.129. The smallest absolute Gasteiger partial charge is 0.328 e. The van der Waals surface area contributed by atoms with Gasteiger partial charge in [0.05, 0.1) is 25.9 Å². The monoisotopic (exact) mass is 570 g/mol. The van der Waals surface area contributed by atoms with Crippen LogP contribution in [0.3, 0.4) is 0 Å². The molecule has 0 spiro atoms. The lowest BCUT2D eigenvalue weighted by Crippen LogP contribution is -2.51. The van der Waals surface area contributed by atoms with Crippen molar-refractivity contribution in [2.75, 3.05) is 28.4 Å². The summed E-state index contributed by atoms with van der Waals surface area (Å²) < 4.78 is 29.5. The van der Waals surface area contributed by atoms with E-state index in [1.807, 2.05) is 24.3 Å². The number of carbonyl (C=O) groups excluding carboxylic acids is 2. The second kappa shape index (κ2) is 12.9. The highest BCUT2D eigenvalue weighted by Gasteiger charge is 2.61. The molecular weight excluding hydrogens is 524 g/mol. The summed E-state index contributed by atoms with van der Waals surface area (Å²) in [5.41, 5.74) is 0.880. The first-order valence-electron chi connectivity index (χ1n) is 14.0. The van der Waals surface area contributed by atoms with Crippen LogP contribution in [0, 0.1) is 17.3 Å². The van der Waals surface area contributed by atoms with E-state index in [0.29, 0.717) is 5.76 Å². The van der Waals surface area contributed by atoms with Crippen LogP contribution in [0.25, 0.3) is 0 Å². The molecule has 0 bridgehead atoms. The van der Waals surface area contributed by atoms with Gasteiger partial charge in [-0.3, -0.25) is 9.59 Å². The predicted molar refractivity (Wildman–Crippen MR) is 158 cm³/mol. The van der Waals surface area contributed by atoms with Crippen molar-refractivity contribution in [2.24, 2.45) is 17.3 Å². The molecule has 0 fully saturated rings. The molecule has 0 saturated carbocycles. The standard InChI is InChI=1S/C32H46O7Si/c1-20(2)40(21(3)4,22(5)6)39-27-19-25(23-14-12-11-13-15-23)26(29(35-7)36-8)18-24-16-17-32(28(24)27,30(33)37-9)31(34)38-10/h11-22,25-26,28-29H,1-10H3/t25-,26-,28+/m0/s1. The summed E-state index contributed by atoms with van der Waals surface area (Å²) in [6.07, 6.45) is 6.98. The number of rotatable bonds is 11. The van der Waals surface area contributed by atoms with Crippen LogP contribution >= 0.6 is 0 Å². The van der Waals surface area contributed by atoms with Gasteiger partial charge in [-0.25, -0.2) is 0 Å². The zero-order chi connectivity index (χ0) is 29.8. The predicted octanol–water partition coefficient (Wildman–Crippen LogP) is 6.54. The molecule has 220 valence electrons. The van der Waals surface area contributed by atoms with Gasteiger partial charge >= 0.3 is 11.9 Å². The Bertz CT molecular complexity index is 1090. The Kier molecular flexibility index (Phi) is 10.2. The summed E-state index contributed by atoms with van der Waals surface area (Å²) in [5, 5.41) is 0. The molecule has 7 nitrogen and oxygen atoms in total. The van der Waals surface area contributed by atoms with Crippen LogP contribution in [-0.2, 0) is 33.0 Å². The number of allylic oxidation sites excluding steroid dienone is 3. The highest BCUT2D eigenvalue weighted by Crippen LogP contribution is 2.54. The molecule has 0 saturated heterocycles. The van der Waals surface area contributed by atoms with Crippen LogP contribution in [0.4, 0.5) is 0 Å². The molecule has 0 radical (unpaired) electrons. The molecule has 0 amide bonds. The first kappa shape index (κ1) is 31.8. The number of esters is 2. The fraction of sp³-hybridized carbons (Fsp3) is 0.562. The van der Waals surface area contributed by atoms with E-state index >= 15 is 0 Å². The lowest BCUT2D eigenvalue weighted by atomic mass is 9.75. The second-order valence-corrected chi connectivity index (χ2v) is 17.0. The Morgan fingerprint density at radius 2 is 1.32 bits per heavy atom. The van der Waals surface area contributed by atoms with Crippen molar-refractivity contribution in [3.63, 3.8) is 0 Å². The van der Waals surface area contributed by atoms with Crippen LogP contribution in [0.15, 0.2) is 66.0 Å². The SMILES string of the molecule is COC(=O)C1(C(=O)OC)C=CC2=C[C@H](C(OC)OC)[C@H](c3ccccc3)C=C(O[Si](C(C)C)(C(C)C)C(C)C)[C@@H]21. The average Bonchev–Trinajstić information content (AvgIpc) is 3.24. The van der Waals surface area contributed by atoms with E-state index in [0.717, 1.165) is 11.1 Å². The largest absolute Gasteiger partial charge is 0.545 e. The molecule has 3 atom stereocenters. The Labute approximate surface area is 240 Å². The molecule has 3 rings (SSSR count). The van der Waals surface area contributed by atoms with Crippen molar-refractivity contribution in [2.45, 2.75) is 70.4 Å². The van der Waals surface area contributed by atoms with E-state index in [4.69, 9.17) is 23.4 Å². The number of benzene rings is 1. The maximum Gasteiger partial charge on any atom is 0.328 e. The van der Waals surface area contributed by atoms with E-state index in [1.165, 1.54) is 14.2 Å². The fourth-order valence-corrected chi connectivity index (χ4v) is 12.3. The van der Waals surface area contributed by atoms with Gasteiger partial charge in [-0.05, 0) is 33.8 Å². The molecule has 0 unspecified atom stereocenters. The van der Waals surface area contributed by atoms with Gasteiger partial charge in [0, 0.05) is 26.1 Å². The average molecular weight is 571 g/mol. The van der Waals surface area contributed by atoms with E-state index in [9.17, 15) is 9.59 Å². The molecule has 0 heterocycles. The maximum absolute atomic E-state index is 13.6. The van der Waals surface area contributed by atoms with Gasteiger partial charge in [-0.15, -0.1) is 0 Å². The van der Waals surface area contributed by atoms with E-state index in [-0.39, 0.29) is 28.5 Å². The molecule has 0 aliphatic heterocycles. The second-order valence-electron chi connectivity index (χ2n) is 11.6. The maximum atomic E-state index is 13.6. The van der Waals surface area contributed by atoms with Crippen LogP contribution < -0.4 is 0 Å². The first-order valence-corrected chi connectivity index (χ1v) is 16.2. The molecular formula is C32H46O7Si. The van der Waals surface area contributed by atoms with Gasteiger partial charge < -0.3 is 23.4 Å². The van der Waals surface area contributed by atoms with Crippen molar-refractivity contribution in [3.8, 4) is 0 Å². The minimum absolute atomic E-state index is 0.223. The van der Waals surface area contributed by atoms with Gasteiger partial charge in [-0.2, -0.15) is 0 Å². The number of hydrogen-bond acceptors (Lipinski definition) is 7. The van der Waals surface area contributed by atoms with Crippen molar-refractivity contribution in [1.82, 2.24) is 0 Å². The Morgan fingerprint density at radius 1 is 0.800 bits per heavy atom. The Balaban J connectivity index is 2.43. The van der Waals surface area contributed by atoms with E-state index < -0.39 is 37.9 Å². The summed E-state index contributed by atoms with van der Waals surface area (Å²) in [5.74, 6) is -2.04. The molecule has 1 aromatic carbocycles. The van der Waals surface area contributed by atoms with Crippen LogP contribution in [0.2, 0.25) is 16.6 Å². The van der Waals surface area contributed by atoms with E-state index in [1.54, 1.807) is 20.3 Å². The molecule has 8 heteroatoms. The Hall–Kier alpha value is -2.68. The summed E-state index contributed by atoms with van der Waals surface area (Å²) in [6.45, 7) is 13.3. The summed E-state index contributed by atoms with van der Waals surface area (Å²) in [7, 11) is 3.28. The number of ether oxygens (including phenoxy) is 4. The zero-order valence-electron chi connectivity index (χ0n) is 25.6. The van der Waals surface area contributed by atoms with E-state index in [2.05, 4.69) is 65.8 Å². The third kappa shape index (κ3) is 5.33. The summed E-state index contributed by atoms with van der Waals surface area (Å²) >= 11 is 0. The Morgan fingerprint density at radius 3 is 1.77 bits per heavy atom. The number of methoxy groups -OCH3 is 4. The van der Waals surface area contributed by atoms with Gasteiger partial charge in [0.2, 0.25) is 0 Å². The van der Waals surface area contributed by atoms with Crippen molar-refractivity contribution >= 4 is 20.3 Å². The first-order chi connectivity index (χ1) is 19.0. The van der Waals surface area contributed by atoms with Crippen LogP contribution in [0.5, 0.6) is 0 Å². The molecule has 0 N–H and O–H groups in total. The van der Waals surface area contributed by atoms with Crippen LogP contribution in [-0.4, -0.2) is 55.0 Å². The lowest BCUT2D eigenvalue weighted by molar-refractivity contribution is -0.167. The lowest BCUT2D eigenvalue weighted by Gasteiger charge is -2.45. The fourth-order valence-electron chi connectivity index (χ4n) is 7.03. The zero-order valence-corrected chi connectivity index (χ0v) is 26.6. The third-order valence-corrected chi connectivity index (χ3v) is 14.8. The van der Waals surface area contributed by atoms with Crippen molar-refractivity contribution in [3.05, 3.63) is 71.5 Å². The topological polar surface area (TPSA) is 80.3 Å². The number of carbonyl (C=O) groups is 2. The minimum Gasteiger partial charge on any atom is -0.545 e. The number of fused-ring (bicyclic) bond motifs is 1. The molecule has 1 aromatic rings. The molecule has 2 aliphatic rings. The highest BCUT2D eigenvalue weighted by atomic mass is 28.4.